The number of rotatable bonds is 5. The molecule has 0 aliphatic carbocycles. The van der Waals surface area contributed by atoms with Crippen molar-refractivity contribution in [3.8, 4) is 11.5 Å². The molecule has 0 aliphatic rings. The van der Waals surface area contributed by atoms with Crippen molar-refractivity contribution in [2.45, 2.75) is 12.5 Å². The summed E-state index contributed by atoms with van der Waals surface area (Å²) in [7, 11) is 0. The van der Waals surface area contributed by atoms with Gasteiger partial charge in [0, 0.05) is 6.54 Å². The first-order chi connectivity index (χ1) is 7.92. The van der Waals surface area contributed by atoms with Gasteiger partial charge in [-0.1, -0.05) is 12.1 Å². The van der Waals surface area contributed by atoms with Gasteiger partial charge >= 0.3 is 6.36 Å². The van der Waals surface area contributed by atoms with Crippen LogP contribution in [0.2, 0.25) is 0 Å². The molecular formula is C10H12F3NO3. The summed E-state index contributed by atoms with van der Waals surface area (Å²) >= 11 is 0. The lowest BCUT2D eigenvalue weighted by Crippen LogP contribution is -2.27. The fourth-order valence-corrected chi connectivity index (χ4v) is 1.03. The maximum atomic E-state index is 12.0. The van der Waals surface area contributed by atoms with Crippen molar-refractivity contribution >= 4 is 0 Å². The zero-order chi connectivity index (χ0) is 12.9. The molecule has 0 fully saturated rings. The van der Waals surface area contributed by atoms with E-state index < -0.39 is 18.2 Å². The topological polar surface area (TPSA) is 64.7 Å². The van der Waals surface area contributed by atoms with Crippen LogP contribution in [0.1, 0.15) is 0 Å². The highest BCUT2D eigenvalue weighted by Crippen LogP contribution is 2.31. The number of alkyl halides is 3. The van der Waals surface area contributed by atoms with E-state index in [2.05, 4.69) is 4.74 Å². The largest absolute Gasteiger partial charge is 0.573 e. The van der Waals surface area contributed by atoms with Crippen LogP contribution in [0.4, 0.5) is 13.2 Å². The quantitative estimate of drug-likeness (QED) is 0.827. The molecule has 0 unspecified atom stereocenters. The third-order valence-electron chi connectivity index (χ3n) is 1.78. The second kappa shape index (κ2) is 5.74. The summed E-state index contributed by atoms with van der Waals surface area (Å²) in [6, 6.07) is 5.31. The summed E-state index contributed by atoms with van der Waals surface area (Å²) < 4.78 is 44.9. The molecular weight excluding hydrogens is 239 g/mol. The van der Waals surface area contributed by atoms with Gasteiger partial charge in [0.2, 0.25) is 0 Å². The molecule has 0 spiro atoms. The maximum absolute atomic E-state index is 12.0. The molecule has 0 aliphatic heterocycles. The van der Waals surface area contributed by atoms with Gasteiger partial charge in [0.25, 0.3) is 0 Å². The molecule has 1 aromatic carbocycles. The Morgan fingerprint density at radius 1 is 1.24 bits per heavy atom. The third kappa shape index (κ3) is 4.92. The zero-order valence-corrected chi connectivity index (χ0v) is 8.78. The van der Waals surface area contributed by atoms with Crippen molar-refractivity contribution in [3.05, 3.63) is 24.3 Å². The van der Waals surface area contributed by atoms with Crippen molar-refractivity contribution < 1.29 is 27.8 Å². The number of nitrogens with two attached hydrogens (primary N) is 1. The lowest BCUT2D eigenvalue weighted by atomic mass is 10.3. The van der Waals surface area contributed by atoms with Crippen LogP contribution in [0.15, 0.2) is 24.3 Å². The Morgan fingerprint density at radius 3 is 2.35 bits per heavy atom. The molecule has 0 aromatic heterocycles. The van der Waals surface area contributed by atoms with Gasteiger partial charge in [-0.05, 0) is 12.1 Å². The van der Waals surface area contributed by atoms with Crippen molar-refractivity contribution in [1.29, 1.82) is 0 Å². The molecule has 0 bridgehead atoms. The Hall–Kier alpha value is -1.47. The van der Waals surface area contributed by atoms with Crippen molar-refractivity contribution in [1.82, 2.24) is 0 Å². The Kier molecular flexibility index (Phi) is 4.59. The molecule has 96 valence electrons. The van der Waals surface area contributed by atoms with E-state index >= 15 is 0 Å². The number of aliphatic hydroxyl groups is 1. The Morgan fingerprint density at radius 2 is 1.82 bits per heavy atom. The molecule has 0 amide bonds. The Bertz CT molecular complexity index is 357. The SMILES string of the molecule is NC[C@H](O)COc1ccccc1OC(F)(F)F. The van der Waals surface area contributed by atoms with Crippen LogP contribution in [0, 0.1) is 0 Å². The normalized spacial score (nSPS) is 13.2. The molecule has 1 aromatic rings. The van der Waals surface area contributed by atoms with E-state index in [1.54, 1.807) is 0 Å². The summed E-state index contributed by atoms with van der Waals surface area (Å²) in [4.78, 5) is 0. The fourth-order valence-electron chi connectivity index (χ4n) is 1.03. The van der Waals surface area contributed by atoms with Crippen LogP contribution in [-0.4, -0.2) is 30.7 Å². The first-order valence-electron chi connectivity index (χ1n) is 4.78. The van der Waals surface area contributed by atoms with Crippen molar-refractivity contribution in [2.24, 2.45) is 5.73 Å². The molecule has 0 saturated heterocycles. The average Bonchev–Trinajstić information content (AvgIpc) is 2.25. The minimum atomic E-state index is -4.79. The van der Waals surface area contributed by atoms with Crippen LogP contribution < -0.4 is 15.2 Å². The van der Waals surface area contributed by atoms with Crippen LogP contribution in [0.25, 0.3) is 0 Å². The first kappa shape index (κ1) is 13.6. The summed E-state index contributed by atoms with van der Waals surface area (Å²) in [6.07, 6.45) is -5.72. The van der Waals surface area contributed by atoms with E-state index in [1.807, 2.05) is 0 Å². The van der Waals surface area contributed by atoms with Gasteiger partial charge in [-0.2, -0.15) is 0 Å². The molecule has 17 heavy (non-hydrogen) atoms. The number of aliphatic hydroxyl groups excluding tert-OH is 1. The lowest BCUT2D eigenvalue weighted by molar-refractivity contribution is -0.275. The van der Waals surface area contributed by atoms with Crippen molar-refractivity contribution in [2.75, 3.05) is 13.2 Å². The number of benzene rings is 1. The van der Waals surface area contributed by atoms with Gasteiger partial charge in [-0.25, -0.2) is 0 Å². The van der Waals surface area contributed by atoms with Crippen LogP contribution >= 0.6 is 0 Å². The molecule has 0 heterocycles. The highest BCUT2D eigenvalue weighted by molar-refractivity contribution is 5.39. The van der Waals surface area contributed by atoms with E-state index in [-0.39, 0.29) is 18.9 Å². The van der Waals surface area contributed by atoms with E-state index in [9.17, 15) is 13.2 Å². The van der Waals surface area contributed by atoms with E-state index in [0.717, 1.165) is 6.07 Å². The highest BCUT2D eigenvalue weighted by atomic mass is 19.4. The van der Waals surface area contributed by atoms with Gasteiger partial charge in [0.1, 0.15) is 12.7 Å². The minimum Gasteiger partial charge on any atom is -0.487 e. The second-order valence-electron chi connectivity index (χ2n) is 3.20. The predicted molar refractivity (Wildman–Crippen MR) is 53.7 cm³/mol. The maximum Gasteiger partial charge on any atom is 0.573 e. The van der Waals surface area contributed by atoms with Crippen LogP contribution in [0.3, 0.4) is 0 Å². The summed E-state index contributed by atoms with van der Waals surface area (Å²) in [6.45, 7) is -0.239. The van der Waals surface area contributed by atoms with Gasteiger partial charge < -0.3 is 20.3 Å². The zero-order valence-electron chi connectivity index (χ0n) is 8.78. The highest BCUT2D eigenvalue weighted by Gasteiger charge is 2.32. The fraction of sp³-hybridized carbons (Fsp3) is 0.400. The lowest BCUT2D eigenvalue weighted by Gasteiger charge is -2.15. The number of hydrogen-bond donors (Lipinski definition) is 2. The Balaban J connectivity index is 2.71. The van der Waals surface area contributed by atoms with Gasteiger partial charge in [-0.15, -0.1) is 13.2 Å². The minimum absolute atomic E-state index is 0.0394. The predicted octanol–water partition coefficient (Wildman–Crippen LogP) is 1.28. The molecule has 0 radical (unpaired) electrons. The second-order valence-corrected chi connectivity index (χ2v) is 3.20. The third-order valence-corrected chi connectivity index (χ3v) is 1.78. The number of halogens is 3. The van der Waals surface area contributed by atoms with E-state index in [0.29, 0.717) is 0 Å². The average molecular weight is 251 g/mol. The standard InChI is InChI=1S/C10H12F3NO3/c11-10(12,13)17-9-4-2-1-3-8(9)16-6-7(15)5-14/h1-4,7,15H,5-6,14H2/t7-/m0/s1. The summed E-state index contributed by atoms with van der Waals surface area (Å²) in [5.41, 5.74) is 5.13. The number of para-hydroxylation sites is 2. The first-order valence-corrected chi connectivity index (χ1v) is 4.78. The molecule has 1 rings (SSSR count). The number of ether oxygens (including phenoxy) is 2. The summed E-state index contributed by atoms with van der Waals surface area (Å²) in [5.74, 6) is -0.554. The molecule has 4 nitrogen and oxygen atoms in total. The Labute approximate surface area is 95.7 Å². The van der Waals surface area contributed by atoms with Gasteiger partial charge in [0.05, 0.1) is 0 Å². The van der Waals surface area contributed by atoms with E-state index in [1.165, 1.54) is 18.2 Å². The van der Waals surface area contributed by atoms with Crippen LogP contribution in [-0.2, 0) is 0 Å². The van der Waals surface area contributed by atoms with Gasteiger partial charge in [-0.3, -0.25) is 0 Å². The van der Waals surface area contributed by atoms with Gasteiger partial charge in [0.15, 0.2) is 11.5 Å². The number of hydrogen-bond acceptors (Lipinski definition) is 4. The van der Waals surface area contributed by atoms with Crippen molar-refractivity contribution in [3.63, 3.8) is 0 Å². The van der Waals surface area contributed by atoms with Crippen LogP contribution in [0.5, 0.6) is 11.5 Å². The molecule has 7 heteroatoms. The molecule has 3 N–H and O–H groups in total. The monoisotopic (exact) mass is 251 g/mol. The molecule has 1 atom stereocenters. The smallest absolute Gasteiger partial charge is 0.487 e. The molecule has 0 saturated carbocycles. The van der Waals surface area contributed by atoms with E-state index in [4.69, 9.17) is 15.6 Å². The summed E-state index contributed by atoms with van der Waals surface area (Å²) in [5, 5.41) is 9.13.